The summed E-state index contributed by atoms with van der Waals surface area (Å²) in [4.78, 5) is 2.36. The van der Waals surface area contributed by atoms with E-state index < -0.39 is 10.0 Å². The van der Waals surface area contributed by atoms with Crippen LogP contribution in [0.15, 0.2) is 24.3 Å². The van der Waals surface area contributed by atoms with Crippen LogP contribution in [-0.4, -0.2) is 63.2 Å². The van der Waals surface area contributed by atoms with Gasteiger partial charge in [-0.25, -0.2) is 8.42 Å². The second kappa shape index (κ2) is 9.39. The molecule has 1 aromatic carbocycles. The van der Waals surface area contributed by atoms with Gasteiger partial charge >= 0.3 is 0 Å². The highest BCUT2D eigenvalue weighted by atomic mass is 32.2. The Kier molecular flexibility index (Phi) is 7.52. The van der Waals surface area contributed by atoms with Crippen LogP contribution in [0.5, 0.6) is 5.75 Å². The zero-order valence-electron chi connectivity index (χ0n) is 14.9. The van der Waals surface area contributed by atoms with E-state index in [9.17, 15) is 8.42 Å². The van der Waals surface area contributed by atoms with E-state index in [0.29, 0.717) is 13.1 Å². The highest BCUT2D eigenvalue weighted by molar-refractivity contribution is 7.89. The maximum atomic E-state index is 12.2. The predicted molar refractivity (Wildman–Crippen MR) is 98.0 cm³/mol. The molecule has 5 nitrogen and oxygen atoms in total. The first-order valence-electron chi connectivity index (χ1n) is 8.89. The molecule has 0 aliphatic carbocycles. The minimum atomic E-state index is -3.05. The SMILES string of the molecule is CCCCS(=O)(=O)N1CCN(CCCc2ccccc2OC)CC1. The lowest BCUT2D eigenvalue weighted by Crippen LogP contribution is -2.49. The van der Waals surface area contributed by atoms with Gasteiger partial charge in [-0.2, -0.15) is 4.31 Å². The smallest absolute Gasteiger partial charge is 0.214 e. The van der Waals surface area contributed by atoms with Crippen molar-refractivity contribution in [3.8, 4) is 5.75 Å². The van der Waals surface area contributed by atoms with Crippen LogP contribution in [0.3, 0.4) is 0 Å². The summed E-state index contributed by atoms with van der Waals surface area (Å²) >= 11 is 0. The lowest BCUT2D eigenvalue weighted by Gasteiger charge is -2.34. The summed E-state index contributed by atoms with van der Waals surface area (Å²) < 4.78 is 31.5. The molecule has 1 aliphatic heterocycles. The molecule has 0 bridgehead atoms. The Morgan fingerprint density at radius 2 is 1.79 bits per heavy atom. The van der Waals surface area contributed by atoms with Gasteiger partial charge in [0.05, 0.1) is 12.9 Å². The molecular formula is C18H30N2O3S. The van der Waals surface area contributed by atoms with E-state index in [1.54, 1.807) is 11.4 Å². The first-order chi connectivity index (χ1) is 11.6. The first kappa shape index (κ1) is 19.2. The number of methoxy groups -OCH3 is 1. The number of benzene rings is 1. The number of hydrogen-bond donors (Lipinski definition) is 0. The molecule has 1 saturated heterocycles. The van der Waals surface area contributed by atoms with Crippen LogP contribution in [0.2, 0.25) is 0 Å². The number of unbranched alkanes of at least 4 members (excludes halogenated alkanes) is 1. The third-order valence-corrected chi connectivity index (χ3v) is 6.55. The third kappa shape index (κ3) is 5.46. The molecule has 0 amide bonds. The van der Waals surface area contributed by atoms with Gasteiger partial charge in [-0.1, -0.05) is 31.5 Å². The number of aryl methyl sites for hydroxylation is 1. The molecule has 0 atom stereocenters. The van der Waals surface area contributed by atoms with Gasteiger partial charge in [0.1, 0.15) is 5.75 Å². The van der Waals surface area contributed by atoms with Gasteiger partial charge in [-0.15, -0.1) is 0 Å². The summed E-state index contributed by atoms with van der Waals surface area (Å²) in [5.74, 6) is 1.24. The highest BCUT2D eigenvalue weighted by Gasteiger charge is 2.25. The van der Waals surface area contributed by atoms with E-state index in [2.05, 4.69) is 11.0 Å². The van der Waals surface area contributed by atoms with Crippen LogP contribution in [0.1, 0.15) is 31.7 Å². The van der Waals surface area contributed by atoms with Crippen molar-refractivity contribution in [2.24, 2.45) is 0 Å². The molecule has 0 aromatic heterocycles. The number of ether oxygens (including phenoxy) is 1. The Balaban J connectivity index is 1.73. The molecule has 136 valence electrons. The number of hydrogen-bond acceptors (Lipinski definition) is 4. The van der Waals surface area contributed by atoms with Crippen LogP contribution in [0.4, 0.5) is 0 Å². The number of rotatable bonds is 9. The topological polar surface area (TPSA) is 49.9 Å². The summed E-state index contributed by atoms with van der Waals surface area (Å²) in [5, 5.41) is 0. The normalized spacial score (nSPS) is 17.1. The maximum absolute atomic E-state index is 12.2. The molecule has 24 heavy (non-hydrogen) atoms. The molecule has 0 unspecified atom stereocenters. The van der Waals surface area contributed by atoms with Gasteiger partial charge in [0.2, 0.25) is 10.0 Å². The minimum absolute atomic E-state index is 0.289. The van der Waals surface area contributed by atoms with Crippen molar-refractivity contribution < 1.29 is 13.2 Å². The molecule has 0 saturated carbocycles. The monoisotopic (exact) mass is 354 g/mol. The molecule has 2 rings (SSSR count). The van der Waals surface area contributed by atoms with Gasteiger partial charge in [0.15, 0.2) is 0 Å². The first-order valence-corrected chi connectivity index (χ1v) is 10.5. The van der Waals surface area contributed by atoms with Crippen molar-refractivity contribution >= 4 is 10.0 Å². The van der Waals surface area contributed by atoms with Crippen LogP contribution < -0.4 is 4.74 Å². The predicted octanol–water partition coefficient (Wildman–Crippen LogP) is 2.38. The van der Waals surface area contributed by atoms with E-state index in [1.165, 1.54) is 5.56 Å². The number of para-hydroxylation sites is 1. The molecule has 0 N–H and O–H groups in total. The second-order valence-electron chi connectivity index (χ2n) is 6.33. The Hall–Kier alpha value is -1.11. The van der Waals surface area contributed by atoms with E-state index in [1.807, 2.05) is 25.1 Å². The van der Waals surface area contributed by atoms with E-state index in [-0.39, 0.29) is 5.75 Å². The molecule has 1 fully saturated rings. The molecule has 6 heteroatoms. The van der Waals surface area contributed by atoms with Crippen LogP contribution >= 0.6 is 0 Å². The van der Waals surface area contributed by atoms with Crippen molar-refractivity contribution in [1.82, 2.24) is 9.21 Å². The quantitative estimate of drug-likeness (QED) is 0.683. The fourth-order valence-electron chi connectivity index (χ4n) is 3.09. The zero-order valence-corrected chi connectivity index (χ0v) is 15.7. The van der Waals surface area contributed by atoms with Crippen molar-refractivity contribution in [3.63, 3.8) is 0 Å². The molecule has 1 heterocycles. The summed E-state index contributed by atoms with van der Waals surface area (Å²) in [6, 6.07) is 8.13. The fourth-order valence-corrected chi connectivity index (χ4v) is 4.72. The lowest BCUT2D eigenvalue weighted by molar-refractivity contribution is 0.186. The molecule has 0 spiro atoms. The summed E-state index contributed by atoms with van der Waals surface area (Å²) in [6.45, 7) is 5.94. The summed E-state index contributed by atoms with van der Waals surface area (Å²) in [7, 11) is -1.35. The van der Waals surface area contributed by atoms with Crippen molar-refractivity contribution in [1.29, 1.82) is 0 Å². The zero-order chi connectivity index (χ0) is 17.4. The van der Waals surface area contributed by atoms with Gasteiger partial charge < -0.3 is 9.64 Å². The second-order valence-corrected chi connectivity index (χ2v) is 8.41. The van der Waals surface area contributed by atoms with Crippen LogP contribution in [-0.2, 0) is 16.4 Å². The van der Waals surface area contributed by atoms with Crippen molar-refractivity contribution in [2.75, 3.05) is 45.6 Å². The standard InChI is InChI=1S/C18H30N2O3S/c1-3-4-16-24(21,22)20-14-12-19(13-15-20)11-7-9-17-8-5-6-10-18(17)23-2/h5-6,8,10H,3-4,7,9,11-16H2,1-2H3. The molecular weight excluding hydrogens is 324 g/mol. The number of sulfonamides is 1. The van der Waals surface area contributed by atoms with Gasteiger partial charge in [-0.05, 0) is 37.4 Å². The Labute approximate surface area is 146 Å². The van der Waals surface area contributed by atoms with Crippen molar-refractivity contribution in [3.05, 3.63) is 29.8 Å². The fraction of sp³-hybridized carbons (Fsp3) is 0.667. The van der Waals surface area contributed by atoms with Crippen LogP contribution in [0, 0.1) is 0 Å². The molecule has 0 radical (unpaired) electrons. The van der Waals surface area contributed by atoms with Gasteiger partial charge in [-0.3, -0.25) is 0 Å². The summed E-state index contributed by atoms with van der Waals surface area (Å²) in [6.07, 6.45) is 3.71. The molecule has 1 aromatic rings. The average Bonchev–Trinajstić information content (AvgIpc) is 2.61. The van der Waals surface area contributed by atoms with E-state index in [4.69, 9.17) is 4.74 Å². The highest BCUT2D eigenvalue weighted by Crippen LogP contribution is 2.19. The Morgan fingerprint density at radius 1 is 1.08 bits per heavy atom. The van der Waals surface area contributed by atoms with E-state index in [0.717, 1.165) is 51.1 Å². The largest absolute Gasteiger partial charge is 0.496 e. The number of nitrogens with zero attached hydrogens (tertiary/aromatic N) is 2. The Morgan fingerprint density at radius 3 is 2.46 bits per heavy atom. The molecule has 1 aliphatic rings. The lowest BCUT2D eigenvalue weighted by atomic mass is 10.1. The van der Waals surface area contributed by atoms with Gasteiger partial charge in [0.25, 0.3) is 0 Å². The van der Waals surface area contributed by atoms with E-state index >= 15 is 0 Å². The van der Waals surface area contributed by atoms with Gasteiger partial charge in [0, 0.05) is 26.2 Å². The summed E-state index contributed by atoms with van der Waals surface area (Å²) in [5.41, 5.74) is 1.24. The minimum Gasteiger partial charge on any atom is -0.496 e. The average molecular weight is 355 g/mol. The number of piperazine rings is 1. The van der Waals surface area contributed by atoms with Crippen molar-refractivity contribution in [2.45, 2.75) is 32.6 Å². The third-order valence-electron chi connectivity index (χ3n) is 4.59. The van der Waals surface area contributed by atoms with Crippen LogP contribution in [0.25, 0.3) is 0 Å². The Bertz CT molecular complexity index is 596. The maximum Gasteiger partial charge on any atom is 0.214 e.